The van der Waals surface area contributed by atoms with E-state index in [-0.39, 0.29) is 0 Å². The standard InChI is InChI=1S/C42H48O8/c1-3-45-29-11-7-5-9-13-31-47-35-25-21-33(22-26-35)41(43)49-39-19-15-18-38-37(39)17-16-20-40(38)50-42(44)34-23-27-36(28-24-34)48-32-14-10-6-8-12-30-46-4-2/h3-4,15-28H,1-2,5-14,29-32H2. The van der Waals surface area contributed by atoms with Crippen molar-refractivity contribution in [1.82, 2.24) is 0 Å². The number of carbonyl (C=O) groups is 2. The summed E-state index contributed by atoms with van der Waals surface area (Å²) in [5.41, 5.74) is 0.799. The summed E-state index contributed by atoms with van der Waals surface area (Å²) >= 11 is 0. The highest BCUT2D eigenvalue weighted by atomic mass is 16.5. The molecule has 0 aliphatic heterocycles. The number of rotatable bonds is 24. The minimum atomic E-state index is -0.497. The van der Waals surface area contributed by atoms with Crippen LogP contribution in [0.4, 0.5) is 0 Å². The van der Waals surface area contributed by atoms with Crippen LogP contribution in [0, 0.1) is 0 Å². The molecule has 4 aromatic carbocycles. The number of benzene rings is 4. The van der Waals surface area contributed by atoms with Crippen LogP contribution in [0.15, 0.2) is 111 Å². The molecule has 0 aliphatic carbocycles. The number of unbranched alkanes of at least 4 members (excludes halogenated alkanes) is 8. The maximum Gasteiger partial charge on any atom is 0.343 e. The molecule has 0 fully saturated rings. The van der Waals surface area contributed by atoms with Crippen molar-refractivity contribution in [3.8, 4) is 23.0 Å². The molecule has 0 heterocycles. The zero-order valence-electron chi connectivity index (χ0n) is 28.8. The van der Waals surface area contributed by atoms with Gasteiger partial charge in [0.25, 0.3) is 0 Å². The average molecular weight is 681 g/mol. The van der Waals surface area contributed by atoms with E-state index in [9.17, 15) is 9.59 Å². The Kier molecular flexibility index (Phi) is 16.3. The van der Waals surface area contributed by atoms with Crippen LogP contribution in [-0.4, -0.2) is 38.4 Å². The summed E-state index contributed by atoms with van der Waals surface area (Å²) in [5.74, 6) is 1.14. The molecule has 8 nitrogen and oxygen atoms in total. The molecule has 0 saturated heterocycles. The van der Waals surface area contributed by atoms with Crippen LogP contribution >= 0.6 is 0 Å². The fourth-order valence-corrected chi connectivity index (χ4v) is 5.30. The number of ether oxygens (including phenoxy) is 6. The lowest BCUT2D eigenvalue weighted by molar-refractivity contribution is 0.0725. The van der Waals surface area contributed by atoms with Crippen molar-refractivity contribution in [3.05, 3.63) is 122 Å². The van der Waals surface area contributed by atoms with Gasteiger partial charge in [0.1, 0.15) is 23.0 Å². The van der Waals surface area contributed by atoms with Crippen LogP contribution in [0.2, 0.25) is 0 Å². The maximum atomic E-state index is 13.0. The van der Waals surface area contributed by atoms with E-state index in [1.54, 1.807) is 72.8 Å². The van der Waals surface area contributed by atoms with E-state index in [2.05, 4.69) is 13.2 Å². The molecule has 0 amide bonds. The average Bonchev–Trinajstić information content (AvgIpc) is 3.14. The summed E-state index contributed by atoms with van der Waals surface area (Å²) in [7, 11) is 0. The smallest absolute Gasteiger partial charge is 0.343 e. The van der Waals surface area contributed by atoms with E-state index in [0.29, 0.717) is 71.3 Å². The Morgan fingerprint density at radius 2 is 0.820 bits per heavy atom. The lowest BCUT2D eigenvalue weighted by Gasteiger charge is -2.12. The van der Waals surface area contributed by atoms with Crippen LogP contribution < -0.4 is 18.9 Å². The third kappa shape index (κ3) is 12.7. The number of fused-ring (bicyclic) bond motifs is 1. The third-order valence-corrected chi connectivity index (χ3v) is 8.01. The minimum Gasteiger partial charge on any atom is -0.502 e. The van der Waals surface area contributed by atoms with Crippen molar-refractivity contribution in [2.24, 2.45) is 0 Å². The molecule has 50 heavy (non-hydrogen) atoms. The van der Waals surface area contributed by atoms with Crippen molar-refractivity contribution in [1.29, 1.82) is 0 Å². The summed E-state index contributed by atoms with van der Waals surface area (Å²) in [6.45, 7) is 9.75. The van der Waals surface area contributed by atoms with Crippen LogP contribution in [0.3, 0.4) is 0 Å². The van der Waals surface area contributed by atoms with E-state index in [4.69, 9.17) is 28.4 Å². The van der Waals surface area contributed by atoms with E-state index >= 15 is 0 Å². The van der Waals surface area contributed by atoms with Crippen molar-refractivity contribution in [2.45, 2.75) is 64.2 Å². The Labute approximate surface area is 295 Å². The summed E-state index contributed by atoms with van der Waals surface area (Å²) in [6, 6.07) is 24.5. The topological polar surface area (TPSA) is 89.5 Å². The number of carbonyl (C=O) groups excluding carboxylic acids is 2. The first-order valence-corrected chi connectivity index (χ1v) is 17.5. The van der Waals surface area contributed by atoms with Gasteiger partial charge >= 0.3 is 11.9 Å². The van der Waals surface area contributed by atoms with Crippen molar-refractivity contribution >= 4 is 22.7 Å². The lowest BCUT2D eigenvalue weighted by atomic mass is 10.1. The first-order valence-electron chi connectivity index (χ1n) is 17.5. The van der Waals surface area contributed by atoms with Crippen LogP contribution in [0.25, 0.3) is 10.8 Å². The molecule has 0 spiro atoms. The highest BCUT2D eigenvalue weighted by molar-refractivity contribution is 5.99. The molecular weight excluding hydrogens is 632 g/mol. The highest BCUT2D eigenvalue weighted by Gasteiger charge is 2.15. The quantitative estimate of drug-likeness (QED) is 0.0313. The van der Waals surface area contributed by atoms with Crippen LogP contribution in [-0.2, 0) is 9.47 Å². The number of hydrogen-bond acceptors (Lipinski definition) is 8. The summed E-state index contributed by atoms with van der Waals surface area (Å²) in [5, 5.41) is 1.29. The molecule has 264 valence electrons. The number of hydrogen-bond donors (Lipinski definition) is 0. The molecule has 0 unspecified atom stereocenters. The second-order valence-electron chi connectivity index (χ2n) is 11.7. The van der Waals surface area contributed by atoms with E-state index in [0.717, 1.165) is 64.2 Å². The van der Waals surface area contributed by atoms with Gasteiger partial charge in [-0.25, -0.2) is 9.59 Å². The Hall–Kier alpha value is -5.24. The predicted octanol–water partition coefficient (Wildman–Crippen LogP) is 10.3. The minimum absolute atomic E-state index is 0.366. The largest absolute Gasteiger partial charge is 0.502 e. The van der Waals surface area contributed by atoms with E-state index in [1.165, 1.54) is 12.5 Å². The number of esters is 2. The van der Waals surface area contributed by atoms with Gasteiger partial charge in [-0.3, -0.25) is 0 Å². The predicted molar refractivity (Wildman–Crippen MR) is 196 cm³/mol. The fourth-order valence-electron chi connectivity index (χ4n) is 5.30. The van der Waals surface area contributed by atoms with Gasteiger partial charge in [0.2, 0.25) is 0 Å². The molecular formula is C42H48O8. The van der Waals surface area contributed by atoms with Gasteiger partial charge in [0.05, 0.1) is 50.1 Å². The first-order chi connectivity index (χ1) is 24.6. The van der Waals surface area contributed by atoms with E-state index in [1.807, 2.05) is 12.1 Å². The zero-order chi connectivity index (χ0) is 35.2. The molecule has 0 aromatic heterocycles. The van der Waals surface area contributed by atoms with Crippen LogP contribution in [0.1, 0.15) is 84.9 Å². The third-order valence-electron chi connectivity index (χ3n) is 8.01. The Morgan fingerprint density at radius 3 is 1.20 bits per heavy atom. The Morgan fingerprint density at radius 1 is 0.460 bits per heavy atom. The van der Waals surface area contributed by atoms with Crippen LogP contribution in [0.5, 0.6) is 23.0 Å². The van der Waals surface area contributed by atoms with E-state index < -0.39 is 11.9 Å². The molecule has 0 radical (unpaired) electrons. The second kappa shape index (κ2) is 21.7. The lowest BCUT2D eigenvalue weighted by Crippen LogP contribution is -2.10. The van der Waals surface area contributed by atoms with Crippen molar-refractivity contribution < 1.29 is 38.0 Å². The van der Waals surface area contributed by atoms with Crippen molar-refractivity contribution in [3.63, 3.8) is 0 Å². The Balaban J connectivity index is 1.24. The SMILES string of the molecule is C=COCCCCCCCOc1ccc(C(=O)Oc2cccc3c(OC(=O)c4ccc(OCCCCCCCOC=C)cc4)cccc23)cc1. The Bertz CT molecular complexity index is 1510. The molecule has 4 rings (SSSR count). The first kappa shape index (κ1) is 37.6. The molecule has 0 atom stereocenters. The molecule has 8 heteroatoms. The monoisotopic (exact) mass is 680 g/mol. The zero-order valence-corrected chi connectivity index (χ0v) is 28.8. The maximum absolute atomic E-state index is 13.0. The second-order valence-corrected chi connectivity index (χ2v) is 11.7. The van der Waals surface area contributed by atoms with Gasteiger partial charge in [-0.05, 0) is 86.3 Å². The van der Waals surface area contributed by atoms with Gasteiger partial charge in [-0.15, -0.1) is 0 Å². The van der Waals surface area contributed by atoms with Gasteiger partial charge < -0.3 is 28.4 Å². The summed E-state index contributed by atoms with van der Waals surface area (Å²) in [6.07, 6.45) is 13.6. The normalized spacial score (nSPS) is 10.6. The van der Waals surface area contributed by atoms with Crippen molar-refractivity contribution in [2.75, 3.05) is 26.4 Å². The summed E-state index contributed by atoms with van der Waals surface area (Å²) in [4.78, 5) is 26.1. The molecule has 0 aliphatic rings. The van der Waals surface area contributed by atoms with Gasteiger partial charge in [-0.1, -0.05) is 75.9 Å². The highest BCUT2D eigenvalue weighted by Crippen LogP contribution is 2.33. The molecule has 0 saturated carbocycles. The van der Waals surface area contributed by atoms with Gasteiger partial charge in [-0.2, -0.15) is 0 Å². The molecule has 0 N–H and O–H groups in total. The molecule has 4 aromatic rings. The molecule has 0 bridgehead atoms. The van der Waals surface area contributed by atoms with Gasteiger partial charge in [0.15, 0.2) is 0 Å². The van der Waals surface area contributed by atoms with Gasteiger partial charge in [0, 0.05) is 10.8 Å². The fraction of sp³-hybridized carbons (Fsp3) is 0.333. The summed E-state index contributed by atoms with van der Waals surface area (Å²) < 4.78 is 33.5.